The maximum Gasteiger partial charge on any atom is 0.0631 e. The summed E-state index contributed by atoms with van der Waals surface area (Å²) >= 11 is 0. The van der Waals surface area contributed by atoms with E-state index in [1.54, 1.807) is 0 Å². The van der Waals surface area contributed by atoms with E-state index in [0.717, 1.165) is 18.6 Å². The van der Waals surface area contributed by atoms with Gasteiger partial charge in [0.25, 0.3) is 0 Å². The first kappa shape index (κ1) is 10.1. The summed E-state index contributed by atoms with van der Waals surface area (Å²) < 4.78 is 5.81. The Balaban J connectivity index is 1.53. The lowest BCUT2D eigenvalue weighted by Crippen LogP contribution is -2.36. The third kappa shape index (κ3) is 2.07. The Labute approximate surface area is 92.8 Å². The molecule has 2 atom stereocenters. The molecule has 1 N–H and O–H groups in total. The van der Waals surface area contributed by atoms with Crippen LogP contribution in [-0.4, -0.2) is 24.8 Å². The summed E-state index contributed by atoms with van der Waals surface area (Å²) in [6, 6.07) is 0.871. The van der Waals surface area contributed by atoms with E-state index in [4.69, 9.17) is 4.74 Å². The van der Waals surface area contributed by atoms with Crippen molar-refractivity contribution in [1.29, 1.82) is 0 Å². The third-order valence-electron chi connectivity index (χ3n) is 4.46. The smallest absolute Gasteiger partial charge is 0.0631 e. The van der Waals surface area contributed by atoms with E-state index in [9.17, 15) is 0 Å². The van der Waals surface area contributed by atoms with Gasteiger partial charge in [0, 0.05) is 12.6 Å². The molecule has 3 rings (SSSR count). The van der Waals surface area contributed by atoms with E-state index in [1.165, 1.54) is 38.6 Å². The van der Waals surface area contributed by atoms with Crippen molar-refractivity contribution in [3.63, 3.8) is 0 Å². The summed E-state index contributed by atoms with van der Waals surface area (Å²) in [5, 5.41) is 3.68. The van der Waals surface area contributed by atoms with Crippen molar-refractivity contribution in [3.8, 4) is 0 Å². The van der Waals surface area contributed by atoms with Gasteiger partial charge in [-0.2, -0.15) is 0 Å². The predicted octanol–water partition coefficient (Wildman–Crippen LogP) is 2.33. The number of hydrogen-bond donors (Lipinski definition) is 1. The first-order chi connectivity index (χ1) is 7.10. The molecule has 86 valence electrons. The molecule has 0 aromatic rings. The lowest BCUT2D eigenvalue weighted by Gasteiger charge is -2.36. The minimum atomic E-state index is 0.132. The first-order valence-corrected chi connectivity index (χ1v) is 6.47. The topological polar surface area (TPSA) is 21.3 Å². The van der Waals surface area contributed by atoms with Gasteiger partial charge in [-0.3, -0.25) is 0 Å². The Morgan fingerprint density at radius 2 is 2.13 bits per heavy atom. The SMILES string of the molecule is CC1(C)CC2(CCO1)CC2CNC1CC1. The Morgan fingerprint density at radius 1 is 1.33 bits per heavy atom. The summed E-state index contributed by atoms with van der Waals surface area (Å²) in [5.74, 6) is 0.946. The van der Waals surface area contributed by atoms with Gasteiger partial charge in [-0.25, -0.2) is 0 Å². The molecular formula is C13H23NO. The molecule has 1 heterocycles. The zero-order valence-corrected chi connectivity index (χ0v) is 10.0. The van der Waals surface area contributed by atoms with Gasteiger partial charge >= 0.3 is 0 Å². The van der Waals surface area contributed by atoms with Crippen molar-refractivity contribution >= 4 is 0 Å². The van der Waals surface area contributed by atoms with Crippen molar-refractivity contribution in [2.45, 2.75) is 57.6 Å². The van der Waals surface area contributed by atoms with Crippen LogP contribution in [0.3, 0.4) is 0 Å². The van der Waals surface area contributed by atoms with Gasteiger partial charge in [0.2, 0.25) is 0 Å². The molecule has 2 aliphatic carbocycles. The molecule has 0 aromatic heterocycles. The minimum absolute atomic E-state index is 0.132. The Morgan fingerprint density at radius 3 is 2.80 bits per heavy atom. The lowest BCUT2D eigenvalue weighted by atomic mass is 9.84. The molecule has 1 aliphatic heterocycles. The van der Waals surface area contributed by atoms with Crippen LogP contribution in [0, 0.1) is 11.3 Å². The molecule has 15 heavy (non-hydrogen) atoms. The quantitative estimate of drug-likeness (QED) is 0.770. The summed E-state index contributed by atoms with van der Waals surface area (Å²) in [6.07, 6.45) is 6.84. The number of nitrogens with one attached hydrogen (secondary N) is 1. The molecule has 2 saturated carbocycles. The number of rotatable bonds is 3. The summed E-state index contributed by atoms with van der Waals surface area (Å²) in [6.45, 7) is 6.74. The molecule has 2 unspecified atom stereocenters. The summed E-state index contributed by atoms with van der Waals surface area (Å²) in [5.41, 5.74) is 0.788. The molecule has 0 radical (unpaired) electrons. The number of ether oxygens (including phenoxy) is 1. The summed E-state index contributed by atoms with van der Waals surface area (Å²) in [4.78, 5) is 0. The highest BCUT2D eigenvalue weighted by molar-refractivity contribution is 5.07. The van der Waals surface area contributed by atoms with Crippen LogP contribution in [0.1, 0.15) is 46.0 Å². The van der Waals surface area contributed by atoms with E-state index < -0.39 is 0 Å². The van der Waals surface area contributed by atoms with Crippen molar-refractivity contribution in [3.05, 3.63) is 0 Å². The largest absolute Gasteiger partial charge is 0.376 e. The first-order valence-electron chi connectivity index (χ1n) is 6.47. The zero-order valence-electron chi connectivity index (χ0n) is 10.0. The van der Waals surface area contributed by atoms with Crippen LogP contribution in [0.2, 0.25) is 0 Å². The highest BCUT2D eigenvalue weighted by Gasteiger charge is 2.57. The highest BCUT2D eigenvalue weighted by Crippen LogP contribution is 2.61. The molecule has 2 nitrogen and oxygen atoms in total. The predicted molar refractivity (Wildman–Crippen MR) is 60.8 cm³/mol. The van der Waals surface area contributed by atoms with Crippen molar-refractivity contribution in [1.82, 2.24) is 5.32 Å². The minimum Gasteiger partial charge on any atom is -0.376 e. The Kier molecular flexibility index (Phi) is 2.16. The fraction of sp³-hybridized carbons (Fsp3) is 1.00. The van der Waals surface area contributed by atoms with Crippen LogP contribution in [0.5, 0.6) is 0 Å². The zero-order chi connectivity index (χ0) is 10.5. The van der Waals surface area contributed by atoms with Crippen LogP contribution >= 0.6 is 0 Å². The Bertz CT molecular complexity index is 259. The van der Waals surface area contributed by atoms with Crippen LogP contribution in [-0.2, 0) is 4.74 Å². The fourth-order valence-electron chi connectivity index (χ4n) is 3.36. The average Bonchev–Trinajstić information content (AvgIpc) is 2.98. The molecule has 3 aliphatic rings. The molecule has 1 spiro atoms. The fourth-order valence-corrected chi connectivity index (χ4v) is 3.36. The maximum absolute atomic E-state index is 5.81. The Hall–Kier alpha value is -0.0800. The molecule has 0 bridgehead atoms. The van der Waals surface area contributed by atoms with Crippen LogP contribution in [0.25, 0.3) is 0 Å². The van der Waals surface area contributed by atoms with Crippen molar-refractivity contribution in [2.24, 2.45) is 11.3 Å². The monoisotopic (exact) mass is 209 g/mol. The van der Waals surface area contributed by atoms with Gasteiger partial charge in [-0.1, -0.05) is 0 Å². The lowest BCUT2D eigenvalue weighted by molar-refractivity contribution is -0.0821. The van der Waals surface area contributed by atoms with Gasteiger partial charge in [0.15, 0.2) is 0 Å². The standard InChI is InChI=1S/C13H23NO/c1-12(2)9-13(5-6-15-12)7-10(13)8-14-11-3-4-11/h10-11,14H,3-9H2,1-2H3. The summed E-state index contributed by atoms with van der Waals surface area (Å²) in [7, 11) is 0. The van der Waals surface area contributed by atoms with Crippen LogP contribution in [0.4, 0.5) is 0 Å². The molecule has 2 heteroatoms. The second kappa shape index (κ2) is 3.21. The highest BCUT2D eigenvalue weighted by atomic mass is 16.5. The molecular weight excluding hydrogens is 186 g/mol. The van der Waals surface area contributed by atoms with Crippen molar-refractivity contribution in [2.75, 3.05) is 13.2 Å². The average molecular weight is 209 g/mol. The number of hydrogen-bond acceptors (Lipinski definition) is 2. The molecule has 3 fully saturated rings. The molecule has 0 amide bonds. The third-order valence-corrected chi connectivity index (χ3v) is 4.46. The second-order valence-corrected chi connectivity index (χ2v) is 6.48. The van der Waals surface area contributed by atoms with E-state index in [-0.39, 0.29) is 5.60 Å². The van der Waals surface area contributed by atoms with E-state index in [2.05, 4.69) is 19.2 Å². The molecule has 1 saturated heterocycles. The molecule has 0 aromatic carbocycles. The van der Waals surface area contributed by atoms with Crippen LogP contribution < -0.4 is 5.32 Å². The normalized spacial score (nSPS) is 43.2. The van der Waals surface area contributed by atoms with Gasteiger partial charge in [-0.15, -0.1) is 0 Å². The van der Waals surface area contributed by atoms with E-state index in [0.29, 0.717) is 5.41 Å². The van der Waals surface area contributed by atoms with Gasteiger partial charge < -0.3 is 10.1 Å². The van der Waals surface area contributed by atoms with Gasteiger partial charge in [0.05, 0.1) is 5.60 Å². The second-order valence-electron chi connectivity index (χ2n) is 6.48. The van der Waals surface area contributed by atoms with E-state index in [1.807, 2.05) is 0 Å². The van der Waals surface area contributed by atoms with Gasteiger partial charge in [0.1, 0.15) is 0 Å². The van der Waals surface area contributed by atoms with E-state index >= 15 is 0 Å². The van der Waals surface area contributed by atoms with Crippen LogP contribution in [0.15, 0.2) is 0 Å². The van der Waals surface area contributed by atoms with Gasteiger partial charge in [-0.05, 0) is 63.8 Å². The maximum atomic E-state index is 5.81. The van der Waals surface area contributed by atoms with Crippen molar-refractivity contribution < 1.29 is 4.74 Å².